The molecule has 0 unspecified atom stereocenters. The van der Waals surface area contributed by atoms with Crippen LogP contribution in [0.15, 0.2) is 87.8 Å². The Hall–Kier alpha value is -2.78. The Balaban J connectivity index is 1.86. The molecule has 0 aliphatic heterocycles. The highest BCUT2D eigenvalue weighted by molar-refractivity contribution is 9.10. The van der Waals surface area contributed by atoms with Gasteiger partial charge in [-0.15, -0.1) is 0 Å². The van der Waals surface area contributed by atoms with Gasteiger partial charge in [0, 0.05) is 25.3 Å². The fraction of sp³-hybridized carbons (Fsp3) is 0.0769. The molecule has 5 rings (SSSR count). The van der Waals surface area contributed by atoms with Crippen LogP contribution < -0.4 is 0 Å². The number of aromatic nitrogens is 1. The lowest BCUT2D eigenvalue weighted by molar-refractivity contribution is -0.143. The zero-order valence-electron chi connectivity index (χ0n) is 17.5. The lowest BCUT2D eigenvalue weighted by atomic mass is 9.97. The molecule has 4 aromatic carbocycles. The van der Waals surface area contributed by atoms with Gasteiger partial charge in [-0.25, -0.2) is 0 Å². The van der Waals surface area contributed by atoms with Crippen molar-refractivity contribution < 1.29 is 26.3 Å². The van der Waals surface area contributed by atoms with Gasteiger partial charge < -0.3 is 4.57 Å². The molecule has 0 saturated carbocycles. The second kappa shape index (κ2) is 8.41. The summed E-state index contributed by atoms with van der Waals surface area (Å²) in [7, 11) is 0. The maximum absolute atomic E-state index is 13.5. The number of hydrogen-bond donors (Lipinski definition) is 0. The molecule has 0 radical (unpaired) electrons. The average molecular weight is 613 g/mol. The van der Waals surface area contributed by atoms with Crippen molar-refractivity contribution in [2.24, 2.45) is 0 Å². The van der Waals surface area contributed by atoms with Crippen LogP contribution in [0.4, 0.5) is 26.3 Å². The van der Waals surface area contributed by atoms with E-state index < -0.39 is 23.5 Å². The first-order valence-corrected chi connectivity index (χ1v) is 11.8. The molecule has 0 aliphatic carbocycles. The third kappa shape index (κ3) is 4.36. The molecular weight excluding hydrogens is 600 g/mol. The molecule has 1 nitrogen and oxygen atoms in total. The molecule has 0 bridgehead atoms. The van der Waals surface area contributed by atoms with E-state index in [1.165, 1.54) is 6.07 Å². The Kier molecular flexibility index (Phi) is 5.75. The Bertz CT molecular complexity index is 1510. The van der Waals surface area contributed by atoms with Gasteiger partial charge in [-0.2, -0.15) is 26.3 Å². The minimum atomic E-state index is -4.93. The van der Waals surface area contributed by atoms with Crippen molar-refractivity contribution in [1.82, 2.24) is 4.57 Å². The first-order valence-electron chi connectivity index (χ1n) is 10.2. The van der Waals surface area contributed by atoms with E-state index >= 15 is 0 Å². The van der Waals surface area contributed by atoms with Crippen LogP contribution >= 0.6 is 31.9 Å². The Morgan fingerprint density at radius 1 is 0.571 bits per heavy atom. The molecule has 1 heterocycles. The van der Waals surface area contributed by atoms with Gasteiger partial charge in [0.2, 0.25) is 0 Å². The summed E-state index contributed by atoms with van der Waals surface area (Å²) in [5.41, 5.74) is -0.654. The number of halogens is 8. The average Bonchev–Trinajstić information content (AvgIpc) is 3.10. The SMILES string of the molecule is FC(F)(F)c1cc(-c2ccccc2-n2c3ccc(Br)cc3c3cc(Br)ccc32)cc(C(F)(F)F)c1. The fourth-order valence-electron chi connectivity index (χ4n) is 4.25. The molecule has 1 aromatic heterocycles. The minimum absolute atomic E-state index is 0.140. The van der Waals surface area contributed by atoms with E-state index in [4.69, 9.17) is 0 Å². The molecule has 0 N–H and O–H groups in total. The lowest BCUT2D eigenvalue weighted by Gasteiger charge is -2.17. The first kappa shape index (κ1) is 23.9. The number of para-hydroxylation sites is 1. The van der Waals surface area contributed by atoms with Crippen molar-refractivity contribution >= 4 is 53.7 Å². The summed E-state index contributed by atoms with van der Waals surface area (Å²) >= 11 is 6.94. The molecule has 35 heavy (non-hydrogen) atoms. The molecule has 0 saturated heterocycles. The summed E-state index contributed by atoms with van der Waals surface area (Å²) < 4.78 is 84.7. The first-order chi connectivity index (χ1) is 16.4. The molecule has 0 atom stereocenters. The van der Waals surface area contributed by atoms with Crippen molar-refractivity contribution in [2.45, 2.75) is 12.4 Å². The third-order valence-electron chi connectivity index (χ3n) is 5.73. The number of fused-ring (bicyclic) bond motifs is 3. The summed E-state index contributed by atoms with van der Waals surface area (Å²) in [6, 6.07) is 19.4. The molecule has 0 aliphatic rings. The second-order valence-corrected chi connectivity index (χ2v) is 9.80. The Morgan fingerprint density at radius 2 is 1.06 bits per heavy atom. The second-order valence-electron chi connectivity index (χ2n) is 7.97. The molecule has 0 fully saturated rings. The van der Waals surface area contributed by atoms with Gasteiger partial charge in [0.15, 0.2) is 0 Å². The molecule has 0 spiro atoms. The van der Waals surface area contributed by atoms with Crippen molar-refractivity contribution in [1.29, 1.82) is 0 Å². The van der Waals surface area contributed by atoms with E-state index in [1.807, 2.05) is 41.0 Å². The van der Waals surface area contributed by atoms with Crippen LogP contribution in [0.1, 0.15) is 11.1 Å². The summed E-state index contributed by atoms with van der Waals surface area (Å²) in [5, 5.41) is 1.76. The van der Waals surface area contributed by atoms with E-state index in [1.54, 1.807) is 18.2 Å². The highest BCUT2D eigenvalue weighted by Gasteiger charge is 2.37. The Labute approximate surface area is 212 Å². The monoisotopic (exact) mass is 611 g/mol. The number of hydrogen-bond acceptors (Lipinski definition) is 0. The zero-order chi connectivity index (χ0) is 25.1. The quantitative estimate of drug-likeness (QED) is 0.175. The number of nitrogens with zero attached hydrogens (tertiary/aromatic N) is 1. The zero-order valence-corrected chi connectivity index (χ0v) is 20.6. The van der Waals surface area contributed by atoms with Crippen LogP contribution in [0.2, 0.25) is 0 Å². The van der Waals surface area contributed by atoms with Crippen molar-refractivity contribution in [2.75, 3.05) is 0 Å². The van der Waals surface area contributed by atoms with Crippen molar-refractivity contribution in [3.63, 3.8) is 0 Å². The van der Waals surface area contributed by atoms with E-state index in [0.717, 1.165) is 42.9 Å². The standard InChI is InChI=1S/C26H13Br2F6N/c27-17-5-7-23-20(12-17)21-13-18(28)6-8-24(21)35(23)22-4-2-1-3-19(22)14-9-15(25(29,30)31)11-16(10-14)26(32,33)34/h1-13H. The van der Waals surface area contributed by atoms with Crippen molar-refractivity contribution in [3.8, 4) is 16.8 Å². The molecular formula is C26H13Br2F6N. The van der Waals surface area contributed by atoms with E-state index in [0.29, 0.717) is 5.69 Å². The van der Waals surface area contributed by atoms with Crippen LogP contribution in [0, 0.1) is 0 Å². The summed E-state index contributed by atoms with van der Waals surface area (Å²) in [6.45, 7) is 0. The maximum Gasteiger partial charge on any atom is 0.416 e. The Morgan fingerprint density at radius 3 is 1.54 bits per heavy atom. The third-order valence-corrected chi connectivity index (χ3v) is 6.72. The van der Waals surface area contributed by atoms with Gasteiger partial charge >= 0.3 is 12.4 Å². The van der Waals surface area contributed by atoms with Crippen LogP contribution in [0.5, 0.6) is 0 Å². The molecule has 178 valence electrons. The predicted molar refractivity (Wildman–Crippen MR) is 132 cm³/mol. The molecule has 9 heteroatoms. The highest BCUT2D eigenvalue weighted by atomic mass is 79.9. The maximum atomic E-state index is 13.5. The van der Waals surface area contributed by atoms with Gasteiger partial charge in [-0.05, 0) is 66.2 Å². The highest BCUT2D eigenvalue weighted by Crippen LogP contribution is 2.42. The lowest BCUT2D eigenvalue weighted by Crippen LogP contribution is -2.11. The summed E-state index contributed by atoms with van der Waals surface area (Å²) in [4.78, 5) is 0. The van der Waals surface area contributed by atoms with E-state index in [2.05, 4.69) is 31.9 Å². The van der Waals surface area contributed by atoms with E-state index in [-0.39, 0.29) is 17.2 Å². The van der Waals surface area contributed by atoms with Gasteiger partial charge in [0.05, 0.1) is 27.8 Å². The topological polar surface area (TPSA) is 4.93 Å². The summed E-state index contributed by atoms with van der Waals surface area (Å²) in [5.74, 6) is 0. The van der Waals surface area contributed by atoms with Crippen LogP contribution in [0.3, 0.4) is 0 Å². The van der Waals surface area contributed by atoms with Gasteiger partial charge in [0.1, 0.15) is 0 Å². The van der Waals surface area contributed by atoms with Crippen LogP contribution in [-0.4, -0.2) is 4.57 Å². The summed E-state index contributed by atoms with van der Waals surface area (Å²) in [6.07, 6.45) is -9.87. The van der Waals surface area contributed by atoms with Gasteiger partial charge in [-0.1, -0.05) is 50.1 Å². The van der Waals surface area contributed by atoms with Gasteiger partial charge in [0.25, 0.3) is 0 Å². The number of rotatable bonds is 2. The smallest absolute Gasteiger partial charge is 0.309 e. The van der Waals surface area contributed by atoms with Crippen LogP contribution in [0.25, 0.3) is 38.6 Å². The fourth-order valence-corrected chi connectivity index (χ4v) is 4.97. The van der Waals surface area contributed by atoms with Gasteiger partial charge in [-0.3, -0.25) is 0 Å². The minimum Gasteiger partial charge on any atom is -0.309 e. The van der Waals surface area contributed by atoms with E-state index in [9.17, 15) is 26.3 Å². The number of alkyl halides is 6. The largest absolute Gasteiger partial charge is 0.416 e. The molecule has 0 amide bonds. The predicted octanol–water partition coefficient (Wildman–Crippen LogP) is 10.0. The van der Waals surface area contributed by atoms with Crippen molar-refractivity contribution in [3.05, 3.63) is 98.9 Å². The molecule has 5 aromatic rings. The normalized spacial score (nSPS) is 12.6. The number of benzene rings is 4. The van der Waals surface area contributed by atoms with Crippen LogP contribution in [-0.2, 0) is 12.4 Å².